The van der Waals surface area contributed by atoms with Crippen LogP contribution in [0.5, 0.6) is 0 Å². The van der Waals surface area contributed by atoms with E-state index in [-0.39, 0.29) is 0 Å². The van der Waals surface area contributed by atoms with Crippen LogP contribution in [0.3, 0.4) is 0 Å². The van der Waals surface area contributed by atoms with Crippen molar-refractivity contribution in [3.8, 4) is 0 Å². The fraction of sp³-hybridized carbons (Fsp3) is 0. The summed E-state index contributed by atoms with van der Waals surface area (Å²) in [4.78, 5) is -0.606. The predicted octanol–water partition coefficient (Wildman–Crippen LogP) is 5.43. The molecule has 1 nitrogen and oxygen atoms in total. The molecule has 2 aromatic carbocycles. The third kappa shape index (κ3) is 2.88. The molecule has 0 fully saturated rings. The van der Waals surface area contributed by atoms with Crippen LogP contribution in [0.2, 0.25) is 0 Å². The summed E-state index contributed by atoms with van der Waals surface area (Å²) in [6.45, 7) is 0. The zero-order valence-electron chi connectivity index (χ0n) is 11.6. The second kappa shape index (κ2) is 6.95. The van der Waals surface area contributed by atoms with Crippen LogP contribution >= 0.6 is 24.8 Å². The van der Waals surface area contributed by atoms with E-state index >= 15 is 0 Å². The minimum absolute atomic E-state index is 0.606. The maximum atomic E-state index is 13.9. The lowest BCUT2D eigenvalue weighted by Crippen LogP contribution is -2.27. The van der Waals surface area contributed by atoms with Crippen LogP contribution in [-0.2, 0) is 0 Å². The summed E-state index contributed by atoms with van der Waals surface area (Å²) in [6.07, 6.45) is 0. The van der Waals surface area contributed by atoms with Crippen LogP contribution in [0.15, 0.2) is 0 Å². The zero-order valence-corrected chi connectivity index (χ0v) is 13.3. The number of anilines is 2. The quantitative estimate of drug-likeness (QED) is 0.225. The monoisotopic (exact) mass is 425 g/mol. The van der Waals surface area contributed by atoms with Crippen LogP contribution in [0.25, 0.3) is 0 Å². The van der Waals surface area contributed by atoms with Crippen LogP contribution in [0.1, 0.15) is 0 Å². The summed E-state index contributed by atoms with van der Waals surface area (Å²) in [5.74, 6) is -26.0. The van der Waals surface area contributed by atoms with Gasteiger partial charge in [0, 0.05) is 0 Å². The topological polar surface area (TPSA) is 3.24 Å². The summed E-state index contributed by atoms with van der Waals surface area (Å²) >= 11 is 7.61. The smallest absolute Gasteiger partial charge is 0.200 e. The third-order valence-electron chi connectivity index (χ3n) is 3.01. The van der Waals surface area contributed by atoms with E-state index in [0.29, 0.717) is 0 Å². The van der Waals surface area contributed by atoms with Crippen molar-refractivity contribution in [3.05, 3.63) is 58.2 Å². The third-order valence-corrected chi connectivity index (χ3v) is 3.39. The van der Waals surface area contributed by atoms with Gasteiger partial charge in [0.25, 0.3) is 0 Å². The van der Waals surface area contributed by atoms with Crippen molar-refractivity contribution >= 4 is 40.5 Å². The van der Waals surface area contributed by atoms with Gasteiger partial charge in [0.15, 0.2) is 46.5 Å². The Morgan fingerprint density at radius 3 is 0.885 bits per heavy atom. The lowest BCUT2D eigenvalue weighted by molar-refractivity contribution is 0.375. The van der Waals surface area contributed by atoms with E-state index in [1.807, 2.05) is 0 Å². The van der Waals surface area contributed by atoms with Crippen molar-refractivity contribution in [2.24, 2.45) is 0 Å². The maximum Gasteiger partial charge on any atom is 0.200 e. The highest BCUT2D eigenvalue weighted by Crippen LogP contribution is 2.40. The van der Waals surface area contributed by atoms with Crippen molar-refractivity contribution in [1.82, 2.24) is 0 Å². The van der Waals surface area contributed by atoms with Gasteiger partial charge >= 0.3 is 0 Å². The van der Waals surface area contributed by atoms with Gasteiger partial charge in [-0.1, -0.05) is 12.2 Å². The molecule has 0 saturated heterocycles. The molecule has 0 atom stereocenters. The lowest BCUT2D eigenvalue weighted by Gasteiger charge is -2.25. The SMILES string of the molecule is Fc1c(F)c(F)c(N(C(=S)S)c2c(F)c(F)c(F)c(F)c2F)c(F)c1F. The first-order valence-corrected chi connectivity index (χ1v) is 6.84. The second-order valence-corrected chi connectivity index (χ2v) is 5.57. The van der Waals surface area contributed by atoms with Crippen molar-refractivity contribution in [3.63, 3.8) is 0 Å². The van der Waals surface area contributed by atoms with Gasteiger partial charge < -0.3 is 0 Å². The molecular weight excluding hydrogens is 424 g/mol. The Bertz CT molecular complexity index is 818. The minimum Gasteiger partial charge on any atom is -0.285 e. The average Bonchev–Trinajstić information content (AvgIpc) is 2.60. The normalized spacial score (nSPS) is 11.0. The highest BCUT2D eigenvalue weighted by Gasteiger charge is 2.36. The Kier molecular flexibility index (Phi) is 5.42. The molecule has 0 bridgehead atoms. The van der Waals surface area contributed by atoms with E-state index in [2.05, 4.69) is 24.8 Å². The first-order chi connectivity index (χ1) is 11.9. The van der Waals surface area contributed by atoms with Gasteiger partial charge in [0.05, 0.1) is 0 Å². The molecule has 26 heavy (non-hydrogen) atoms. The predicted molar refractivity (Wildman–Crippen MR) is 76.2 cm³/mol. The van der Waals surface area contributed by atoms with Crippen LogP contribution in [0, 0.1) is 58.2 Å². The van der Waals surface area contributed by atoms with Crippen molar-refractivity contribution in [1.29, 1.82) is 0 Å². The number of halogens is 10. The number of thiocarbonyl (C=S) groups is 1. The molecule has 13 heteroatoms. The summed E-state index contributed by atoms with van der Waals surface area (Å²) in [6, 6.07) is 0. The van der Waals surface area contributed by atoms with Gasteiger partial charge in [0.2, 0.25) is 11.6 Å². The van der Waals surface area contributed by atoms with Gasteiger partial charge in [-0.05, 0) is 0 Å². The molecule has 0 amide bonds. The van der Waals surface area contributed by atoms with E-state index in [0.717, 1.165) is 0 Å². The largest absolute Gasteiger partial charge is 0.285 e. The Hall–Kier alpha value is -2.02. The fourth-order valence-electron chi connectivity index (χ4n) is 1.88. The van der Waals surface area contributed by atoms with Crippen molar-refractivity contribution < 1.29 is 43.9 Å². The second-order valence-electron chi connectivity index (χ2n) is 4.46. The van der Waals surface area contributed by atoms with Gasteiger partial charge in [-0.25, -0.2) is 43.9 Å². The van der Waals surface area contributed by atoms with Gasteiger partial charge in [0.1, 0.15) is 15.7 Å². The van der Waals surface area contributed by atoms with E-state index in [9.17, 15) is 43.9 Å². The van der Waals surface area contributed by atoms with Crippen LogP contribution in [-0.4, -0.2) is 4.32 Å². The summed E-state index contributed by atoms with van der Waals surface area (Å²) in [5.41, 5.74) is -4.16. The summed E-state index contributed by atoms with van der Waals surface area (Å²) in [5, 5.41) is 0. The highest BCUT2D eigenvalue weighted by atomic mass is 32.1. The van der Waals surface area contributed by atoms with E-state index in [1.54, 1.807) is 0 Å². The number of benzene rings is 2. The van der Waals surface area contributed by atoms with E-state index in [1.165, 1.54) is 0 Å². The summed E-state index contributed by atoms with van der Waals surface area (Å²) in [7, 11) is 0. The Morgan fingerprint density at radius 1 is 0.500 bits per heavy atom. The molecule has 0 heterocycles. The molecule has 2 aromatic rings. The summed E-state index contributed by atoms with van der Waals surface area (Å²) < 4.78 is 134. The molecule has 0 radical (unpaired) electrons. The molecular formula is C13HF10NS2. The molecule has 0 unspecified atom stereocenters. The van der Waals surface area contributed by atoms with Gasteiger partial charge in [-0.15, -0.1) is 12.6 Å². The highest BCUT2D eigenvalue weighted by molar-refractivity contribution is 8.11. The van der Waals surface area contributed by atoms with E-state index in [4.69, 9.17) is 0 Å². The molecule has 2 rings (SSSR count). The maximum absolute atomic E-state index is 13.9. The molecule has 0 aromatic heterocycles. The number of nitrogens with zero attached hydrogens (tertiary/aromatic N) is 1. The molecule has 0 aliphatic heterocycles. The Labute approximate surface area is 148 Å². The average molecular weight is 425 g/mol. The minimum atomic E-state index is -2.63. The fourth-order valence-corrected chi connectivity index (χ4v) is 2.26. The van der Waals surface area contributed by atoms with Gasteiger partial charge in [-0.3, -0.25) is 4.90 Å². The zero-order chi connectivity index (χ0) is 20.1. The van der Waals surface area contributed by atoms with Gasteiger partial charge in [-0.2, -0.15) is 0 Å². The van der Waals surface area contributed by atoms with Crippen LogP contribution < -0.4 is 4.90 Å². The molecule has 140 valence electrons. The number of thiol groups is 1. The first-order valence-electron chi connectivity index (χ1n) is 5.99. The molecule has 0 spiro atoms. The standard InChI is InChI=1S/C13HF10NS2/c14-1-3(16)7(20)11(8(21)4(1)17)24(13(25)26)12-9(22)5(18)2(15)6(19)10(12)23/h(H,25,26). The molecule has 0 aliphatic carbocycles. The Morgan fingerprint density at radius 2 is 0.692 bits per heavy atom. The van der Waals surface area contributed by atoms with Crippen molar-refractivity contribution in [2.75, 3.05) is 4.90 Å². The molecule has 0 saturated carbocycles. The van der Waals surface area contributed by atoms with Crippen molar-refractivity contribution in [2.45, 2.75) is 0 Å². The van der Waals surface area contributed by atoms with Crippen LogP contribution in [0.4, 0.5) is 55.3 Å². The number of hydrogen-bond acceptors (Lipinski definition) is 1. The van der Waals surface area contributed by atoms with E-state index < -0.39 is 78.8 Å². The lowest BCUT2D eigenvalue weighted by atomic mass is 10.2. The molecule has 0 aliphatic rings. The number of rotatable bonds is 2. The first kappa shape index (κ1) is 20.3. The number of hydrogen-bond donors (Lipinski definition) is 1. The Balaban J connectivity index is 2.99. The molecule has 0 N–H and O–H groups in total.